The maximum atomic E-state index is 6.21. The molecule has 1 aliphatic rings. The molecule has 4 nitrogen and oxygen atoms in total. The lowest BCUT2D eigenvalue weighted by molar-refractivity contribution is 0.350. The van der Waals surface area contributed by atoms with E-state index in [9.17, 15) is 0 Å². The minimum absolute atomic E-state index is 0.530. The quantitative estimate of drug-likeness (QED) is 0.633. The second kappa shape index (κ2) is 11.4. The lowest BCUT2D eigenvalue weighted by Crippen LogP contribution is -2.27. The van der Waals surface area contributed by atoms with Gasteiger partial charge in [0.25, 0.3) is 0 Å². The monoisotopic (exact) mass is 388 g/mol. The Morgan fingerprint density at radius 3 is 2.29 bits per heavy atom. The minimum Gasteiger partial charge on any atom is -0.397 e. The number of likely N-dealkylation sites (tertiary alicyclic amines) is 1. The third-order valence-electron chi connectivity index (χ3n) is 6.16. The van der Waals surface area contributed by atoms with Crippen molar-refractivity contribution in [2.75, 3.05) is 45.3 Å². The number of aryl methyl sites for hydroxylation is 1. The molecule has 0 bridgehead atoms. The van der Waals surface area contributed by atoms with Crippen LogP contribution in [0.5, 0.6) is 0 Å². The Balaban J connectivity index is 0.000000480. The summed E-state index contributed by atoms with van der Waals surface area (Å²) >= 11 is 0. The first-order chi connectivity index (χ1) is 13.2. The Morgan fingerprint density at radius 2 is 1.89 bits per heavy atom. The van der Waals surface area contributed by atoms with Crippen molar-refractivity contribution in [1.29, 1.82) is 0 Å². The summed E-state index contributed by atoms with van der Waals surface area (Å²) in [7, 11) is 6.14. The zero-order chi connectivity index (χ0) is 21.4. The molecule has 3 N–H and O–H groups in total. The van der Waals surface area contributed by atoms with Crippen molar-refractivity contribution in [3.8, 4) is 0 Å². The fourth-order valence-corrected chi connectivity index (χ4v) is 3.88. The van der Waals surface area contributed by atoms with Crippen LogP contribution in [-0.2, 0) is 6.42 Å². The van der Waals surface area contributed by atoms with Crippen LogP contribution < -0.4 is 11.1 Å². The molecular weight excluding hydrogens is 344 g/mol. The number of nitrogens with one attached hydrogen (secondary N) is 1. The van der Waals surface area contributed by atoms with E-state index in [0.717, 1.165) is 35.6 Å². The normalized spacial score (nSPS) is 21.5. The van der Waals surface area contributed by atoms with E-state index < -0.39 is 0 Å². The van der Waals surface area contributed by atoms with Gasteiger partial charge >= 0.3 is 0 Å². The topological polar surface area (TPSA) is 44.5 Å². The maximum absolute atomic E-state index is 6.21. The molecule has 0 aromatic heterocycles. The first-order valence-electron chi connectivity index (χ1n) is 10.9. The highest BCUT2D eigenvalue weighted by molar-refractivity contribution is 5.77. The highest BCUT2D eigenvalue weighted by Gasteiger charge is 2.34. The number of nitrogens with zero attached hydrogens (tertiary/aromatic N) is 2. The molecule has 1 saturated heterocycles. The Labute approximate surface area is 174 Å². The van der Waals surface area contributed by atoms with Crippen LogP contribution in [0.1, 0.15) is 58.6 Å². The Bertz CT molecular complexity index is 623. The van der Waals surface area contributed by atoms with Gasteiger partial charge < -0.3 is 20.9 Å². The average Bonchev–Trinajstić information content (AvgIpc) is 2.92. The number of nitrogen functional groups attached to an aromatic ring is 1. The number of rotatable bonds is 7. The number of nitrogens with two attached hydrogens (primary N) is 1. The predicted octanol–water partition coefficient (Wildman–Crippen LogP) is 5.17. The second-order valence-electron chi connectivity index (χ2n) is 8.54. The van der Waals surface area contributed by atoms with Crippen LogP contribution in [0.2, 0.25) is 0 Å². The lowest BCUT2D eigenvalue weighted by Gasteiger charge is -2.28. The van der Waals surface area contributed by atoms with Gasteiger partial charge in [0.1, 0.15) is 0 Å². The molecule has 0 spiro atoms. The van der Waals surface area contributed by atoms with Crippen LogP contribution >= 0.6 is 0 Å². The predicted molar refractivity (Wildman–Crippen MR) is 127 cm³/mol. The van der Waals surface area contributed by atoms with Crippen molar-refractivity contribution in [1.82, 2.24) is 9.80 Å². The average molecular weight is 389 g/mol. The SMILES string of the molecule is C=C(c1cc(N)c(NC)c(CC)c1)N1CC(C)C(C)C1C.CCCCN(C)C. The molecule has 2 rings (SSSR count). The summed E-state index contributed by atoms with van der Waals surface area (Å²) in [6, 6.07) is 4.81. The summed E-state index contributed by atoms with van der Waals surface area (Å²) in [6.45, 7) is 18.0. The van der Waals surface area contributed by atoms with Crippen molar-refractivity contribution in [2.24, 2.45) is 11.8 Å². The molecule has 0 radical (unpaired) electrons. The number of unbranched alkanes of at least 4 members (excludes halogenated alkanes) is 1. The number of hydrogen-bond donors (Lipinski definition) is 2. The number of benzene rings is 1. The van der Waals surface area contributed by atoms with Crippen LogP contribution in [-0.4, -0.2) is 50.1 Å². The van der Waals surface area contributed by atoms with E-state index in [1.807, 2.05) is 13.1 Å². The Kier molecular flexibility index (Phi) is 9.88. The third-order valence-corrected chi connectivity index (χ3v) is 6.16. The molecule has 1 aliphatic heterocycles. The minimum atomic E-state index is 0.530. The highest BCUT2D eigenvalue weighted by atomic mass is 15.2. The van der Waals surface area contributed by atoms with Gasteiger partial charge in [-0.3, -0.25) is 0 Å². The molecule has 1 aromatic rings. The molecule has 1 aromatic carbocycles. The van der Waals surface area contributed by atoms with Gasteiger partial charge in [0.2, 0.25) is 0 Å². The van der Waals surface area contributed by atoms with E-state index in [0.29, 0.717) is 17.9 Å². The van der Waals surface area contributed by atoms with Gasteiger partial charge in [0, 0.05) is 25.3 Å². The van der Waals surface area contributed by atoms with Crippen LogP contribution in [0, 0.1) is 11.8 Å². The Morgan fingerprint density at radius 1 is 1.25 bits per heavy atom. The smallest absolute Gasteiger partial charge is 0.0604 e. The van der Waals surface area contributed by atoms with Gasteiger partial charge in [-0.2, -0.15) is 0 Å². The van der Waals surface area contributed by atoms with E-state index >= 15 is 0 Å². The summed E-state index contributed by atoms with van der Waals surface area (Å²) < 4.78 is 0. The Hall–Kier alpha value is -1.68. The fourth-order valence-electron chi connectivity index (χ4n) is 3.88. The molecule has 0 saturated carbocycles. The number of anilines is 2. The number of hydrogen-bond acceptors (Lipinski definition) is 4. The van der Waals surface area contributed by atoms with Crippen molar-refractivity contribution >= 4 is 17.1 Å². The molecule has 160 valence electrons. The van der Waals surface area contributed by atoms with Crippen molar-refractivity contribution in [2.45, 2.75) is 59.9 Å². The summed E-state index contributed by atoms with van der Waals surface area (Å²) in [5.41, 5.74) is 11.6. The molecule has 4 heteroatoms. The van der Waals surface area contributed by atoms with E-state index in [1.54, 1.807) is 0 Å². The third kappa shape index (κ3) is 6.16. The molecule has 28 heavy (non-hydrogen) atoms. The van der Waals surface area contributed by atoms with Crippen LogP contribution in [0.3, 0.4) is 0 Å². The van der Waals surface area contributed by atoms with Crippen molar-refractivity contribution < 1.29 is 0 Å². The standard InChI is InChI=1S/C18H29N3.C6H15N/c1-7-15-8-16(9-17(19)18(15)20-6)14(5)21-10-11(2)12(3)13(21)4;1-4-5-6-7(2)3/h8-9,11-13,20H,5,7,10,19H2,1-4,6H3;4-6H2,1-3H3. The van der Waals surface area contributed by atoms with Gasteiger partial charge in [0.05, 0.1) is 11.4 Å². The summed E-state index contributed by atoms with van der Waals surface area (Å²) in [4.78, 5) is 4.64. The molecule has 3 unspecified atom stereocenters. The molecule has 1 fully saturated rings. The van der Waals surface area contributed by atoms with Crippen LogP contribution in [0.15, 0.2) is 18.7 Å². The van der Waals surface area contributed by atoms with Crippen molar-refractivity contribution in [3.63, 3.8) is 0 Å². The lowest BCUT2D eigenvalue weighted by atomic mass is 9.95. The summed E-state index contributed by atoms with van der Waals surface area (Å²) in [5.74, 6) is 1.40. The fraction of sp³-hybridized carbons (Fsp3) is 0.667. The molecule has 0 amide bonds. The van der Waals surface area contributed by atoms with E-state index in [4.69, 9.17) is 5.73 Å². The first kappa shape index (κ1) is 24.4. The van der Waals surface area contributed by atoms with Gasteiger partial charge in [-0.15, -0.1) is 0 Å². The summed E-state index contributed by atoms with van der Waals surface area (Å²) in [5, 5.41) is 3.21. The van der Waals surface area contributed by atoms with Crippen molar-refractivity contribution in [3.05, 3.63) is 29.8 Å². The van der Waals surface area contributed by atoms with Gasteiger partial charge in [-0.1, -0.05) is 40.7 Å². The first-order valence-corrected chi connectivity index (χ1v) is 10.9. The van der Waals surface area contributed by atoms with Crippen LogP contribution in [0.25, 0.3) is 5.70 Å². The van der Waals surface area contributed by atoms with E-state index in [-0.39, 0.29) is 0 Å². The highest BCUT2D eigenvalue weighted by Crippen LogP contribution is 2.36. The zero-order valence-corrected chi connectivity index (χ0v) is 19.6. The molecular formula is C24H44N4. The zero-order valence-electron chi connectivity index (χ0n) is 19.6. The maximum Gasteiger partial charge on any atom is 0.0604 e. The molecule has 3 atom stereocenters. The summed E-state index contributed by atoms with van der Waals surface area (Å²) in [6.07, 6.45) is 3.59. The molecule has 1 heterocycles. The van der Waals surface area contributed by atoms with Gasteiger partial charge in [-0.05, 0) is 75.5 Å². The van der Waals surface area contributed by atoms with E-state index in [2.05, 4.69) is 76.5 Å². The van der Waals surface area contributed by atoms with Crippen LogP contribution in [0.4, 0.5) is 11.4 Å². The van der Waals surface area contributed by atoms with E-state index in [1.165, 1.54) is 24.9 Å². The van der Waals surface area contributed by atoms with Gasteiger partial charge in [-0.25, -0.2) is 0 Å². The molecule has 0 aliphatic carbocycles. The second-order valence-corrected chi connectivity index (χ2v) is 8.54. The largest absolute Gasteiger partial charge is 0.397 e. The van der Waals surface area contributed by atoms with Gasteiger partial charge in [0.15, 0.2) is 0 Å².